The molecule has 5 nitrogen and oxygen atoms in total. The molecule has 3 N–H and O–H groups in total. The van der Waals surface area contributed by atoms with Crippen LogP contribution in [0.3, 0.4) is 0 Å². The molecule has 1 aliphatic rings. The molecule has 1 aliphatic carbocycles. The summed E-state index contributed by atoms with van der Waals surface area (Å²) in [6.07, 6.45) is 7.41. The summed E-state index contributed by atoms with van der Waals surface area (Å²) in [5.41, 5.74) is 3.90. The van der Waals surface area contributed by atoms with Crippen molar-refractivity contribution in [3.8, 4) is 0 Å². The third kappa shape index (κ3) is 2.30. The zero-order chi connectivity index (χ0) is 13.0. The first-order valence-corrected chi connectivity index (χ1v) is 6.80. The SMILES string of the molecule is CCCn1nccc1C(NN)C1(OC)CCCC1. The monoisotopic (exact) mass is 252 g/mol. The van der Waals surface area contributed by atoms with Crippen LogP contribution in [-0.2, 0) is 11.3 Å². The molecule has 0 aromatic carbocycles. The van der Waals surface area contributed by atoms with Crippen LogP contribution in [0.25, 0.3) is 0 Å². The van der Waals surface area contributed by atoms with Crippen LogP contribution >= 0.6 is 0 Å². The number of hydrazine groups is 1. The van der Waals surface area contributed by atoms with Gasteiger partial charge in [0.2, 0.25) is 0 Å². The molecule has 5 heteroatoms. The number of nitrogens with two attached hydrogens (primary N) is 1. The van der Waals surface area contributed by atoms with Gasteiger partial charge in [-0.15, -0.1) is 0 Å². The zero-order valence-corrected chi connectivity index (χ0v) is 11.4. The molecule has 0 aliphatic heterocycles. The number of nitrogens with one attached hydrogen (secondary N) is 1. The zero-order valence-electron chi connectivity index (χ0n) is 11.4. The highest BCUT2D eigenvalue weighted by atomic mass is 16.5. The Bertz CT molecular complexity index is 371. The summed E-state index contributed by atoms with van der Waals surface area (Å²) in [6, 6.07) is 2.05. The Hall–Kier alpha value is -0.910. The maximum atomic E-state index is 5.83. The van der Waals surface area contributed by atoms with E-state index in [0.29, 0.717) is 0 Å². The third-order valence-electron chi connectivity index (χ3n) is 4.03. The van der Waals surface area contributed by atoms with Gasteiger partial charge in [-0.2, -0.15) is 5.10 Å². The van der Waals surface area contributed by atoms with E-state index in [0.717, 1.165) is 31.5 Å². The van der Waals surface area contributed by atoms with Crippen molar-refractivity contribution in [2.75, 3.05) is 7.11 Å². The van der Waals surface area contributed by atoms with Gasteiger partial charge in [0.05, 0.1) is 17.3 Å². The number of methoxy groups -OCH3 is 1. The van der Waals surface area contributed by atoms with Crippen molar-refractivity contribution < 1.29 is 4.74 Å². The normalized spacial score (nSPS) is 20.2. The van der Waals surface area contributed by atoms with Crippen molar-refractivity contribution in [3.63, 3.8) is 0 Å². The van der Waals surface area contributed by atoms with Crippen LogP contribution in [0.4, 0.5) is 0 Å². The van der Waals surface area contributed by atoms with Crippen molar-refractivity contribution in [2.24, 2.45) is 5.84 Å². The molecule has 0 bridgehead atoms. The molecule has 102 valence electrons. The van der Waals surface area contributed by atoms with E-state index in [1.807, 2.05) is 16.9 Å². The molecular formula is C13H24N4O. The standard InChI is InChI=1S/C13H24N4O/c1-3-10-17-11(6-9-15-17)12(16-14)13(18-2)7-4-5-8-13/h6,9,12,16H,3-5,7-8,10,14H2,1-2H3. The molecule has 18 heavy (non-hydrogen) atoms. The highest BCUT2D eigenvalue weighted by molar-refractivity contribution is 5.14. The smallest absolute Gasteiger partial charge is 0.0918 e. The second kappa shape index (κ2) is 5.82. The Morgan fingerprint density at radius 3 is 2.83 bits per heavy atom. The van der Waals surface area contributed by atoms with Gasteiger partial charge in [-0.3, -0.25) is 10.5 Å². The van der Waals surface area contributed by atoms with Crippen LogP contribution in [0.5, 0.6) is 0 Å². The average Bonchev–Trinajstić information content (AvgIpc) is 3.02. The lowest BCUT2D eigenvalue weighted by atomic mass is 9.90. The second-order valence-electron chi connectivity index (χ2n) is 5.05. The quantitative estimate of drug-likeness (QED) is 0.598. The number of aryl methyl sites for hydroxylation is 1. The summed E-state index contributed by atoms with van der Waals surface area (Å²) >= 11 is 0. The highest BCUT2D eigenvalue weighted by Crippen LogP contribution is 2.42. The van der Waals surface area contributed by atoms with Crippen LogP contribution in [0.2, 0.25) is 0 Å². The van der Waals surface area contributed by atoms with Gasteiger partial charge < -0.3 is 4.74 Å². The van der Waals surface area contributed by atoms with Crippen molar-refractivity contribution in [1.82, 2.24) is 15.2 Å². The molecule has 0 radical (unpaired) electrons. The first-order valence-electron chi connectivity index (χ1n) is 6.80. The van der Waals surface area contributed by atoms with E-state index in [2.05, 4.69) is 17.4 Å². The Morgan fingerprint density at radius 2 is 2.28 bits per heavy atom. The van der Waals surface area contributed by atoms with Crippen molar-refractivity contribution in [3.05, 3.63) is 18.0 Å². The first kappa shape index (κ1) is 13.5. The van der Waals surface area contributed by atoms with Crippen molar-refractivity contribution in [2.45, 2.75) is 57.2 Å². The second-order valence-corrected chi connectivity index (χ2v) is 5.05. The van der Waals surface area contributed by atoms with Gasteiger partial charge in [0.1, 0.15) is 0 Å². The highest BCUT2D eigenvalue weighted by Gasteiger charge is 2.43. The summed E-state index contributed by atoms with van der Waals surface area (Å²) in [5.74, 6) is 5.80. The molecule has 1 heterocycles. The van der Waals surface area contributed by atoms with Gasteiger partial charge in [-0.1, -0.05) is 19.8 Å². The van der Waals surface area contributed by atoms with Gasteiger partial charge in [0.15, 0.2) is 0 Å². The van der Waals surface area contributed by atoms with E-state index in [-0.39, 0.29) is 11.6 Å². The van der Waals surface area contributed by atoms with Gasteiger partial charge >= 0.3 is 0 Å². The fourth-order valence-corrected chi connectivity index (χ4v) is 3.08. The minimum absolute atomic E-state index is 0.0130. The number of aromatic nitrogens is 2. The van der Waals surface area contributed by atoms with E-state index in [9.17, 15) is 0 Å². The van der Waals surface area contributed by atoms with Gasteiger partial charge in [0, 0.05) is 19.9 Å². The number of ether oxygens (including phenoxy) is 1. The lowest BCUT2D eigenvalue weighted by Crippen LogP contribution is -2.47. The number of rotatable bonds is 6. The number of hydrogen-bond donors (Lipinski definition) is 2. The summed E-state index contributed by atoms with van der Waals surface area (Å²) < 4.78 is 7.86. The van der Waals surface area contributed by atoms with E-state index >= 15 is 0 Å². The molecule has 0 saturated heterocycles. The predicted molar refractivity (Wildman–Crippen MR) is 70.8 cm³/mol. The Balaban J connectivity index is 2.29. The third-order valence-corrected chi connectivity index (χ3v) is 4.03. The Kier molecular flexibility index (Phi) is 4.37. The van der Waals surface area contributed by atoms with Gasteiger partial charge in [0.25, 0.3) is 0 Å². The van der Waals surface area contributed by atoms with Crippen LogP contribution in [0.15, 0.2) is 12.3 Å². The Labute approximate surface area is 109 Å². The first-order chi connectivity index (χ1) is 8.77. The molecule has 0 amide bonds. The largest absolute Gasteiger partial charge is 0.376 e. The molecule has 1 unspecified atom stereocenters. The van der Waals surface area contributed by atoms with E-state index in [4.69, 9.17) is 10.6 Å². The number of nitrogens with zero attached hydrogens (tertiary/aromatic N) is 2. The Morgan fingerprint density at radius 1 is 1.56 bits per heavy atom. The van der Waals surface area contributed by atoms with Crippen LogP contribution in [-0.4, -0.2) is 22.5 Å². The van der Waals surface area contributed by atoms with Crippen LogP contribution in [0.1, 0.15) is 50.8 Å². The molecule has 0 spiro atoms. The minimum atomic E-state index is -0.180. The summed E-state index contributed by atoms with van der Waals surface area (Å²) in [4.78, 5) is 0. The molecule has 1 saturated carbocycles. The maximum absolute atomic E-state index is 5.83. The van der Waals surface area contributed by atoms with Crippen molar-refractivity contribution in [1.29, 1.82) is 0 Å². The molecule has 1 fully saturated rings. The minimum Gasteiger partial charge on any atom is -0.376 e. The van der Waals surface area contributed by atoms with Crippen molar-refractivity contribution >= 4 is 0 Å². The predicted octanol–water partition coefficient (Wildman–Crippen LogP) is 1.76. The fraction of sp³-hybridized carbons (Fsp3) is 0.769. The number of hydrogen-bond acceptors (Lipinski definition) is 4. The molecule has 1 aromatic heterocycles. The fourth-order valence-electron chi connectivity index (χ4n) is 3.08. The van der Waals surface area contributed by atoms with Gasteiger partial charge in [-0.05, 0) is 25.3 Å². The van der Waals surface area contributed by atoms with Crippen LogP contribution in [0, 0.1) is 0 Å². The molecular weight excluding hydrogens is 228 g/mol. The lowest BCUT2D eigenvalue weighted by molar-refractivity contribution is -0.0391. The lowest BCUT2D eigenvalue weighted by Gasteiger charge is -2.36. The molecule has 2 rings (SSSR count). The van der Waals surface area contributed by atoms with E-state index < -0.39 is 0 Å². The maximum Gasteiger partial charge on any atom is 0.0918 e. The summed E-state index contributed by atoms with van der Waals surface area (Å²) in [7, 11) is 1.79. The van der Waals surface area contributed by atoms with Crippen LogP contribution < -0.4 is 11.3 Å². The topological polar surface area (TPSA) is 65.1 Å². The van der Waals surface area contributed by atoms with E-state index in [1.54, 1.807) is 7.11 Å². The summed E-state index contributed by atoms with van der Waals surface area (Å²) in [5, 5.41) is 4.38. The van der Waals surface area contributed by atoms with E-state index in [1.165, 1.54) is 12.8 Å². The molecule has 1 atom stereocenters. The van der Waals surface area contributed by atoms with Gasteiger partial charge in [-0.25, -0.2) is 5.43 Å². The summed E-state index contributed by atoms with van der Waals surface area (Å²) in [6.45, 7) is 3.07. The average molecular weight is 252 g/mol. The molecule has 1 aromatic rings.